The van der Waals surface area contributed by atoms with Gasteiger partial charge in [0.15, 0.2) is 0 Å². The molecule has 0 N–H and O–H groups in total. The lowest BCUT2D eigenvalue weighted by Gasteiger charge is -2.00. The number of aryl methyl sites for hydroxylation is 1. The summed E-state index contributed by atoms with van der Waals surface area (Å²) in [6.45, 7) is 1.92. The summed E-state index contributed by atoms with van der Waals surface area (Å²) in [5.74, 6) is -0.543. The lowest BCUT2D eigenvalue weighted by molar-refractivity contribution is -0.385. The zero-order chi connectivity index (χ0) is 12.8. The highest BCUT2D eigenvalue weighted by Gasteiger charge is 2.12. The molecule has 1 aromatic carbocycles. The van der Waals surface area contributed by atoms with Crippen LogP contribution in [0, 0.1) is 10.1 Å². The summed E-state index contributed by atoms with van der Waals surface area (Å²) in [5, 5.41) is 10.9. The molecule has 0 aliphatic carbocycles. The molecule has 0 aliphatic heterocycles. The maximum absolute atomic E-state index is 10.9. The van der Waals surface area contributed by atoms with Gasteiger partial charge in [-0.15, -0.1) is 0 Å². The van der Waals surface area contributed by atoms with E-state index >= 15 is 0 Å². The molecular weight excluding hydrogens is 222 g/mol. The number of nitrogens with zero attached hydrogens (tertiary/aromatic N) is 1. The zero-order valence-electron chi connectivity index (χ0n) is 9.67. The van der Waals surface area contributed by atoms with Gasteiger partial charge in [0.05, 0.1) is 17.6 Å². The number of methoxy groups -OCH3 is 1. The molecule has 0 bridgehead atoms. The molecule has 0 amide bonds. The molecular formula is C12H13NO4. The van der Waals surface area contributed by atoms with Crippen LogP contribution in [0.4, 0.5) is 5.69 Å². The van der Waals surface area contributed by atoms with Crippen LogP contribution in [0.5, 0.6) is 0 Å². The number of nitro groups is 1. The average Bonchev–Trinajstić information content (AvgIpc) is 2.35. The molecule has 0 saturated heterocycles. The van der Waals surface area contributed by atoms with Gasteiger partial charge >= 0.3 is 5.97 Å². The number of carbonyl (C=O) groups excluding carboxylic acids is 1. The largest absolute Gasteiger partial charge is 0.466 e. The quantitative estimate of drug-likeness (QED) is 0.347. The first-order valence-corrected chi connectivity index (χ1v) is 5.11. The topological polar surface area (TPSA) is 69.4 Å². The summed E-state index contributed by atoms with van der Waals surface area (Å²) in [6, 6.07) is 4.93. The van der Waals surface area contributed by atoms with Crippen molar-refractivity contribution in [2.45, 2.75) is 13.3 Å². The summed E-state index contributed by atoms with van der Waals surface area (Å²) in [4.78, 5) is 21.3. The van der Waals surface area contributed by atoms with Gasteiger partial charge in [-0.3, -0.25) is 10.1 Å². The number of esters is 1. The molecule has 0 unspecified atom stereocenters. The lowest BCUT2D eigenvalue weighted by Crippen LogP contribution is -1.96. The predicted octanol–water partition coefficient (Wildman–Crippen LogP) is 2.34. The highest BCUT2D eigenvalue weighted by atomic mass is 16.6. The average molecular weight is 235 g/mol. The van der Waals surface area contributed by atoms with E-state index < -0.39 is 10.9 Å². The fraction of sp³-hybridized carbons (Fsp3) is 0.250. The van der Waals surface area contributed by atoms with Gasteiger partial charge in [0.2, 0.25) is 0 Å². The van der Waals surface area contributed by atoms with Crippen LogP contribution in [0.25, 0.3) is 6.08 Å². The fourth-order valence-electron chi connectivity index (χ4n) is 1.33. The Morgan fingerprint density at radius 2 is 2.24 bits per heavy atom. The van der Waals surface area contributed by atoms with Crippen molar-refractivity contribution in [2.75, 3.05) is 7.11 Å². The van der Waals surface area contributed by atoms with E-state index in [2.05, 4.69) is 4.74 Å². The number of nitro benzene ring substituents is 1. The summed E-state index contributed by atoms with van der Waals surface area (Å²) in [7, 11) is 1.25. The van der Waals surface area contributed by atoms with Gasteiger partial charge in [-0.2, -0.15) is 0 Å². The van der Waals surface area contributed by atoms with Crippen LogP contribution in [0.2, 0.25) is 0 Å². The monoisotopic (exact) mass is 235 g/mol. The Balaban J connectivity index is 3.11. The molecule has 0 atom stereocenters. The normalized spacial score (nSPS) is 10.5. The van der Waals surface area contributed by atoms with Crippen molar-refractivity contribution < 1.29 is 14.5 Å². The fourth-order valence-corrected chi connectivity index (χ4v) is 1.33. The summed E-state index contributed by atoms with van der Waals surface area (Å²) in [5.41, 5.74) is 1.26. The Kier molecular flexibility index (Phi) is 4.39. The molecule has 5 nitrogen and oxygen atoms in total. The van der Waals surface area contributed by atoms with Crippen molar-refractivity contribution in [3.05, 3.63) is 45.5 Å². The van der Waals surface area contributed by atoms with Crippen molar-refractivity contribution in [2.24, 2.45) is 0 Å². The Morgan fingerprint density at radius 1 is 1.53 bits per heavy atom. The van der Waals surface area contributed by atoms with Gasteiger partial charge in [0.25, 0.3) is 5.69 Å². The number of hydrogen-bond acceptors (Lipinski definition) is 4. The van der Waals surface area contributed by atoms with E-state index in [0.29, 0.717) is 5.56 Å². The van der Waals surface area contributed by atoms with Crippen molar-refractivity contribution >= 4 is 17.7 Å². The van der Waals surface area contributed by atoms with Crippen molar-refractivity contribution in [3.63, 3.8) is 0 Å². The number of rotatable bonds is 4. The first kappa shape index (κ1) is 12.9. The standard InChI is InChI=1S/C12H13NO4/c1-3-9-4-5-10(6-7-12(14)17-2)11(8-9)13(15)16/h4-8H,3H2,1-2H3. The number of hydrogen-bond donors (Lipinski definition) is 0. The van der Waals surface area contributed by atoms with E-state index in [9.17, 15) is 14.9 Å². The van der Waals surface area contributed by atoms with Gasteiger partial charge in [0, 0.05) is 12.1 Å². The third-order valence-electron chi connectivity index (χ3n) is 2.30. The number of ether oxygens (including phenoxy) is 1. The molecule has 0 aromatic heterocycles. The second kappa shape index (κ2) is 5.79. The van der Waals surface area contributed by atoms with Crippen LogP contribution < -0.4 is 0 Å². The van der Waals surface area contributed by atoms with Gasteiger partial charge < -0.3 is 4.74 Å². The summed E-state index contributed by atoms with van der Waals surface area (Å²) in [6.07, 6.45) is 3.26. The first-order valence-electron chi connectivity index (χ1n) is 5.11. The minimum Gasteiger partial charge on any atom is -0.466 e. The molecule has 0 aliphatic rings. The van der Waals surface area contributed by atoms with E-state index in [1.807, 2.05) is 6.92 Å². The molecule has 5 heteroatoms. The van der Waals surface area contributed by atoms with Gasteiger partial charge in [0.1, 0.15) is 0 Å². The van der Waals surface area contributed by atoms with Crippen molar-refractivity contribution in [1.82, 2.24) is 0 Å². The molecule has 1 rings (SSSR count). The minimum atomic E-state index is -0.543. The first-order chi connectivity index (χ1) is 8.08. The van der Waals surface area contributed by atoms with Gasteiger partial charge in [-0.05, 0) is 24.1 Å². The molecule has 0 fully saturated rings. The van der Waals surface area contributed by atoms with E-state index in [4.69, 9.17) is 0 Å². The molecule has 1 aromatic rings. The van der Waals surface area contributed by atoms with Crippen LogP contribution >= 0.6 is 0 Å². The molecule has 0 saturated carbocycles. The summed E-state index contributed by atoms with van der Waals surface area (Å²) >= 11 is 0. The van der Waals surface area contributed by atoms with Crippen LogP contribution in [0.1, 0.15) is 18.1 Å². The van der Waals surface area contributed by atoms with Crippen molar-refractivity contribution in [1.29, 1.82) is 0 Å². The number of benzene rings is 1. The second-order valence-corrected chi connectivity index (χ2v) is 3.36. The number of carbonyl (C=O) groups is 1. The molecule has 17 heavy (non-hydrogen) atoms. The Labute approximate surface area is 98.9 Å². The Hall–Kier alpha value is -2.17. The van der Waals surface area contributed by atoms with E-state index in [1.165, 1.54) is 19.3 Å². The van der Waals surface area contributed by atoms with Crippen LogP contribution in [0.3, 0.4) is 0 Å². The smallest absolute Gasteiger partial charge is 0.330 e. The van der Waals surface area contributed by atoms with Gasteiger partial charge in [-0.1, -0.05) is 13.0 Å². The van der Waals surface area contributed by atoms with Crippen molar-refractivity contribution in [3.8, 4) is 0 Å². The minimum absolute atomic E-state index is 0.00972. The summed E-state index contributed by atoms with van der Waals surface area (Å²) < 4.78 is 4.42. The zero-order valence-corrected chi connectivity index (χ0v) is 9.67. The van der Waals surface area contributed by atoms with E-state index in [0.717, 1.165) is 18.1 Å². The highest BCUT2D eigenvalue weighted by Crippen LogP contribution is 2.22. The van der Waals surface area contributed by atoms with E-state index in [-0.39, 0.29) is 5.69 Å². The lowest BCUT2D eigenvalue weighted by atomic mass is 10.1. The molecule has 0 heterocycles. The Bertz CT molecular complexity index is 466. The van der Waals surface area contributed by atoms with Crippen LogP contribution in [0.15, 0.2) is 24.3 Å². The highest BCUT2D eigenvalue weighted by molar-refractivity contribution is 5.87. The third kappa shape index (κ3) is 3.41. The molecule has 0 spiro atoms. The van der Waals surface area contributed by atoms with Crippen LogP contribution in [-0.2, 0) is 16.0 Å². The predicted molar refractivity (Wildman–Crippen MR) is 63.5 cm³/mol. The molecule has 0 radical (unpaired) electrons. The third-order valence-corrected chi connectivity index (χ3v) is 2.30. The van der Waals surface area contributed by atoms with Gasteiger partial charge in [-0.25, -0.2) is 4.79 Å². The van der Waals surface area contributed by atoms with Crippen LogP contribution in [-0.4, -0.2) is 18.0 Å². The van der Waals surface area contributed by atoms with E-state index in [1.54, 1.807) is 12.1 Å². The maximum atomic E-state index is 10.9. The maximum Gasteiger partial charge on any atom is 0.330 e. The molecule has 90 valence electrons. The second-order valence-electron chi connectivity index (χ2n) is 3.36. The SMILES string of the molecule is CCc1ccc(C=CC(=O)OC)c([N+](=O)[O-])c1. The Morgan fingerprint density at radius 3 is 2.76 bits per heavy atom.